The van der Waals surface area contributed by atoms with Crippen LogP contribution >= 0.6 is 0 Å². The largest absolute Gasteiger partial charge is 0.502 e. The number of nitro groups is 1. The van der Waals surface area contributed by atoms with Gasteiger partial charge >= 0.3 is 5.69 Å². The Kier molecular flexibility index (Phi) is 2.32. The summed E-state index contributed by atoms with van der Waals surface area (Å²) in [6.07, 6.45) is 0. The standard InChI is InChI=1S/C7H6FNO4/c1-13-6-3-4(8)2-5(10)7(6)9(11)12/h2-3,10H,1H3. The van der Waals surface area contributed by atoms with Gasteiger partial charge in [0.1, 0.15) is 5.82 Å². The summed E-state index contributed by atoms with van der Waals surface area (Å²) in [7, 11) is 1.15. The molecule has 0 saturated heterocycles. The number of phenols is 1. The molecule has 0 amide bonds. The van der Waals surface area contributed by atoms with Gasteiger partial charge in [-0.15, -0.1) is 0 Å². The van der Waals surface area contributed by atoms with Crippen molar-refractivity contribution >= 4 is 5.69 Å². The van der Waals surface area contributed by atoms with Crippen molar-refractivity contribution in [3.8, 4) is 11.5 Å². The smallest absolute Gasteiger partial charge is 0.352 e. The minimum atomic E-state index is -0.840. The number of nitrogens with zero attached hydrogens (tertiary/aromatic N) is 1. The van der Waals surface area contributed by atoms with E-state index < -0.39 is 22.2 Å². The van der Waals surface area contributed by atoms with Crippen LogP contribution in [0.5, 0.6) is 11.5 Å². The highest BCUT2D eigenvalue weighted by molar-refractivity contribution is 5.56. The molecule has 6 heteroatoms. The molecule has 1 aromatic rings. The van der Waals surface area contributed by atoms with Crippen LogP contribution in [0.1, 0.15) is 0 Å². The van der Waals surface area contributed by atoms with E-state index in [1.165, 1.54) is 0 Å². The zero-order chi connectivity index (χ0) is 10.0. The number of aromatic hydroxyl groups is 1. The maximum Gasteiger partial charge on any atom is 0.352 e. The average Bonchev–Trinajstić information content (AvgIpc) is 2.01. The van der Waals surface area contributed by atoms with Crippen LogP contribution in [0.25, 0.3) is 0 Å². The highest BCUT2D eigenvalue weighted by Crippen LogP contribution is 2.36. The van der Waals surface area contributed by atoms with Crippen molar-refractivity contribution in [1.82, 2.24) is 0 Å². The predicted octanol–water partition coefficient (Wildman–Crippen LogP) is 1.45. The van der Waals surface area contributed by atoms with Crippen LogP contribution in [0.4, 0.5) is 10.1 Å². The van der Waals surface area contributed by atoms with Gasteiger partial charge in [-0.25, -0.2) is 4.39 Å². The van der Waals surface area contributed by atoms with Gasteiger partial charge in [-0.2, -0.15) is 0 Å². The minimum absolute atomic E-state index is 0.303. The summed E-state index contributed by atoms with van der Waals surface area (Å²) in [5.41, 5.74) is -0.635. The predicted molar refractivity (Wildman–Crippen MR) is 41.3 cm³/mol. The molecule has 5 nitrogen and oxygen atoms in total. The van der Waals surface area contributed by atoms with E-state index in [1.54, 1.807) is 0 Å². The molecular formula is C7H6FNO4. The molecule has 1 N–H and O–H groups in total. The molecule has 0 atom stereocenters. The fourth-order valence-corrected chi connectivity index (χ4v) is 0.900. The summed E-state index contributed by atoms with van der Waals surface area (Å²) < 4.78 is 17.1. The first-order valence-electron chi connectivity index (χ1n) is 3.27. The Labute approximate surface area is 72.5 Å². The van der Waals surface area contributed by atoms with Crippen molar-refractivity contribution in [3.05, 3.63) is 28.1 Å². The van der Waals surface area contributed by atoms with Crippen LogP contribution in [0.15, 0.2) is 12.1 Å². The first-order chi connectivity index (χ1) is 6.06. The lowest BCUT2D eigenvalue weighted by atomic mass is 10.2. The molecule has 70 valence electrons. The van der Waals surface area contributed by atoms with E-state index in [1.807, 2.05) is 0 Å². The van der Waals surface area contributed by atoms with Gasteiger partial charge < -0.3 is 9.84 Å². The Balaban J connectivity index is 3.38. The van der Waals surface area contributed by atoms with E-state index in [0.717, 1.165) is 13.2 Å². The molecule has 0 bridgehead atoms. The maximum absolute atomic E-state index is 12.6. The van der Waals surface area contributed by atoms with Crippen molar-refractivity contribution in [1.29, 1.82) is 0 Å². The van der Waals surface area contributed by atoms with Gasteiger partial charge in [-0.05, 0) is 0 Å². The van der Waals surface area contributed by atoms with Gasteiger partial charge in [0.05, 0.1) is 12.0 Å². The number of benzene rings is 1. The van der Waals surface area contributed by atoms with Gasteiger partial charge in [-0.1, -0.05) is 0 Å². The molecule has 0 radical (unpaired) electrons. The zero-order valence-corrected chi connectivity index (χ0v) is 6.65. The van der Waals surface area contributed by atoms with Gasteiger partial charge in [0.15, 0.2) is 0 Å². The molecule has 0 aliphatic carbocycles. The topological polar surface area (TPSA) is 72.6 Å². The number of ether oxygens (including phenoxy) is 1. The van der Waals surface area contributed by atoms with Crippen molar-refractivity contribution in [3.63, 3.8) is 0 Å². The number of methoxy groups -OCH3 is 1. The molecule has 1 aromatic carbocycles. The summed E-state index contributed by atoms with van der Waals surface area (Å²) in [5.74, 6) is -1.84. The molecule has 0 aliphatic rings. The van der Waals surface area contributed by atoms with Gasteiger partial charge in [0, 0.05) is 12.1 Å². The van der Waals surface area contributed by atoms with Gasteiger partial charge in [-0.3, -0.25) is 10.1 Å². The van der Waals surface area contributed by atoms with Crippen molar-refractivity contribution in [2.24, 2.45) is 0 Å². The molecule has 0 aromatic heterocycles. The lowest BCUT2D eigenvalue weighted by Gasteiger charge is -2.02. The van der Waals surface area contributed by atoms with E-state index in [2.05, 4.69) is 4.74 Å². The van der Waals surface area contributed by atoms with Crippen molar-refractivity contribution < 1.29 is 19.2 Å². The molecule has 0 aliphatic heterocycles. The molecule has 13 heavy (non-hydrogen) atoms. The molecule has 0 unspecified atom stereocenters. The van der Waals surface area contributed by atoms with Gasteiger partial charge in [0.25, 0.3) is 0 Å². The van der Waals surface area contributed by atoms with Gasteiger partial charge in [0.2, 0.25) is 11.5 Å². The summed E-state index contributed by atoms with van der Waals surface area (Å²) >= 11 is 0. The van der Waals surface area contributed by atoms with Crippen LogP contribution in [-0.2, 0) is 0 Å². The van der Waals surface area contributed by atoms with Crippen LogP contribution < -0.4 is 4.74 Å². The lowest BCUT2D eigenvalue weighted by Crippen LogP contribution is -1.94. The SMILES string of the molecule is COc1cc(F)cc(O)c1[N+](=O)[O-]. The fourth-order valence-electron chi connectivity index (χ4n) is 0.900. The zero-order valence-electron chi connectivity index (χ0n) is 6.65. The molecule has 0 saturated carbocycles. The Morgan fingerprint density at radius 1 is 1.62 bits per heavy atom. The second-order valence-corrected chi connectivity index (χ2v) is 2.23. The summed E-state index contributed by atoms with van der Waals surface area (Å²) in [6, 6.07) is 1.48. The number of hydrogen-bond acceptors (Lipinski definition) is 4. The van der Waals surface area contributed by atoms with Crippen LogP contribution in [0, 0.1) is 15.9 Å². The molecule has 1 rings (SSSR count). The number of nitro benzene ring substituents is 1. The molecule has 0 spiro atoms. The first-order valence-corrected chi connectivity index (χ1v) is 3.27. The second kappa shape index (κ2) is 3.26. The Bertz CT molecular complexity index is 353. The lowest BCUT2D eigenvalue weighted by molar-refractivity contribution is -0.386. The van der Waals surface area contributed by atoms with Crippen LogP contribution in [-0.4, -0.2) is 17.1 Å². The second-order valence-electron chi connectivity index (χ2n) is 2.23. The normalized spacial score (nSPS) is 9.69. The average molecular weight is 187 g/mol. The number of halogens is 1. The summed E-state index contributed by atoms with van der Waals surface area (Å²) in [6.45, 7) is 0. The summed E-state index contributed by atoms with van der Waals surface area (Å²) in [5, 5.41) is 19.4. The third kappa shape index (κ3) is 1.66. The third-order valence-corrected chi connectivity index (χ3v) is 1.42. The summed E-state index contributed by atoms with van der Waals surface area (Å²) in [4.78, 5) is 9.52. The quantitative estimate of drug-likeness (QED) is 0.561. The van der Waals surface area contributed by atoms with Crippen molar-refractivity contribution in [2.45, 2.75) is 0 Å². The monoisotopic (exact) mass is 187 g/mol. The highest BCUT2D eigenvalue weighted by Gasteiger charge is 2.21. The fraction of sp³-hybridized carbons (Fsp3) is 0.143. The minimum Gasteiger partial charge on any atom is -0.502 e. The van der Waals surface area contributed by atoms with E-state index in [4.69, 9.17) is 5.11 Å². The van der Waals surface area contributed by atoms with E-state index in [-0.39, 0.29) is 5.75 Å². The van der Waals surface area contributed by atoms with E-state index in [9.17, 15) is 14.5 Å². The molecule has 0 heterocycles. The van der Waals surface area contributed by atoms with Crippen molar-refractivity contribution in [2.75, 3.05) is 7.11 Å². The maximum atomic E-state index is 12.6. The number of hydrogen-bond donors (Lipinski definition) is 1. The third-order valence-electron chi connectivity index (χ3n) is 1.42. The number of rotatable bonds is 2. The Morgan fingerprint density at radius 3 is 2.69 bits per heavy atom. The highest BCUT2D eigenvalue weighted by atomic mass is 19.1. The van der Waals surface area contributed by atoms with Crippen LogP contribution in [0.3, 0.4) is 0 Å². The Hall–Kier alpha value is -1.85. The molecular weight excluding hydrogens is 181 g/mol. The first kappa shape index (κ1) is 9.24. The Morgan fingerprint density at radius 2 is 2.23 bits per heavy atom. The van der Waals surface area contributed by atoms with Crippen LogP contribution in [0.2, 0.25) is 0 Å². The van der Waals surface area contributed by atoms with E-state index >= 15 is 0 Å². The molecule has 0 fully saturated rings. The number of phenolic OH excluding ortho intramolecular Hbond substituents is 1. The van der Waals surface area contributed by atoms with E-state index in [0.29, 0.717) is 6.07 Å².